The zero-order valence-electron chi connectivity index (χ0n) is 15.1. The summed E-state index contributed by atoms with van der Waals surface area (Å²) in [6.45, 7) is 0.898. The highest BCUT2D eigenvalue weighted by atomic mass is 16.5. The van der Waals surface area contributed by atoms with Crippen molar-refractivity contribution in [2.24, 2.45) is 5.92 Å². The number of piperidine rings is 1. The second-order valence-electron chi connectivity index (χ2n) is 6.92. The van der Waals surface area contributed by atoms with Crippen molar-refractivity contribution in [3.8, 4) is 11.5 Å². The molecular weight excluding hydrogens is 336 g/mol. The number of carboxylic acids is 1. The van der Waals surface area contributed by atoms with E-state index in [1.54, 1.807) is 30.2 Å². The van der Waals surface area contributed by atoms with Gasteiger partial charge in [0.05, 0.1) is 19.1 Å². The van der Waals surface area contributed by atoms with Crippen LogP contribution in [0.25, 0.3) is 0 Å². The number of nitrogens with one attached hydrogen (secondary N) is 1. The van der Waals surface area contributed by atoms with Gasteiger partial charge in [0.15, 0.2) is 11.5 Å². The Bertz CT molecular complexity index is 649. The Morgan fingerprint density at radius 3 is 2.42 bits per heavy atom. The Hall–Kier alpha value is -2.44. The van der Waals surface area contributed by atoms with E-state index in [4.69, 9.17) is 14.6 Å². The molecule has 1 saturated heterocycles. The maximum Gasteiger partial charge on any atom is 0.321 e. The third-order valence-corrected chi connectivity index (χ3v) is 5.14. The maximum absolute atomic E-state index is 12.4. The first kappa shape index (κ1) is 18.4. The van der Waals surface area contributed by atoms with Gasteiger partial charge >= 0.3 is 12.0 Å². The number of aliphatic carboxylic acids is 1. The minimum Gasteiger partial charge on any atom is -0.493 e. The number of carboxylic acid groups (broad SMARTS) is 1. The number of hydrogen-bond acceptors (Lipinski definition) is 4. The van der Waals surface area contributed by atoms with E-state index < -0.39 is 5.97 Å². The van der Waals surface area contributed by atoms with Gasteiger partial charge in [-0.2, -0.15) is 0 Å². The molecule has 0 aromatic heterocycles. The molecule has 0 bridgehead atoms. The van der Waals surface area contributed by atoms with Crippen LogP contribution in [0.4, 0.5) is 10.5 Å². The number of benzene rings is 1. The molecule has 0 atom stereocenters. The summed E-state index contributed by atoms with van der Waals surface area (Å²) in [7, 11) is 1.60. The molecule has 0 spiro atoms. The standard InChI is InChI=1S/C19H26N2O5/c1-25-16-7-6-14(12-17(16)26-15-4-2-3-5-15)20-19(24)21-10-8-13(9-11-21)18(22)23/h6-7,12-13,15H,2-5,8-11H2,1H3,(H,20,24)(H,22,23). The summed E-state index contributed by atoms with van der Waals surface area (Å²) >= 11 is 0. The summed E-state index contributed by atoms with van der Waals surface area (Å²) < 4.78 is 11.4. The molecule has 1 saturated carbocycles. The number of methoxy groups -OCH3 is 1. The predicted molar refractivity (Wildman–Crippen MR) is 96.8 cm³/mol. The van der Waals surface area contributed by atoms with E-state index in [9.17, 15) is 9.59 Å². The van der Waals surface area contributed by atoms with Crippen LogP contribution in [0.2, 0.25) is 0 Å². The molecular formula is C19H26N2O5. The zero-order valence-corrected chi connectivity index (χ0v) is 15.1. The lowest BCUT2D eigenvalue weighted by molar-refractivity contribution is -0.143. The number of carbonyl (C=O) groups excluding carboxylic acids is 1. The molecule has 26 heavy (non-hydrogen) atoms. The van der Waals surface area contributed by atoms with E-state index in [0.717, 1.165) is 12.8 Å². The maximum atomic E-state index is 12.4. The van der Waals surface area contributed by atoms with Crippen molar-refractivity contribution in [3.63, 3.8) is 0 Å². The second-order valence-corrected chi connectivity index (χ2v) is 6.92. The molecule has 1 aromatic carbocycles. The van der Waals surface area contributed by atoms with Crippen LogP contribution in [0.5, 0.6) is 11.5 Å². The van der Waals surface area contributed by atoms with Crippen LogP contribution in [0, 0.1) is 5.92 Å². The Balaban J connectivity index is 1.62. The van der Waals surface area contributed by atoms with Crippen LogP contribution < -0.4 is 14.8 Å². The van der Waals surface area contributed by atoms with E-state index in [1.807, 2.05) is 0 Å². The molecule has 2 amide bonds. The summed E-state index contributed by atoms with van der Waals surface area (Å²) in [6, 6.07) is 5.14. The van der Waals surface area contributed by atoms with Gasteiger partial charge in [-0.05, 0) is 50.7 Å². The molecule has 142 valence electrons. The minimum atomic E-state index is -0.783. The Morgan fingerprint density at radius 1 is 1.12 bits per heavy atom. The molecule has 2 fully saturated rings. The van der Waals surface area contributed by atoms with E-state index >= 15 is 0 Å². The van der Waals surface area contributed by atoms with Crippen molar-refractivity contribution in [3.05, 3.63) is 18.2 Å². The number of likely N-dealkylation sites (tertiary alicyclic amines) is 1. The molecule has 0 radical (unpaired) electrons. The molecule has 1 aliphatic carbocycles. The monoisotopic (exact) mass is 362 g/mol. The van der Waals surface area contributed by atoms with Crippen LogP contribution >= 0.6 is 0 Å². The van der Waals surface area contributed by atoms with Crippen molar-refractivity contribution < 1.29 is 24.2 Å². The highest BCUT2D eigenvalue weighted by Crippen LogP contribution is 2.34. The number of anilines is 1. The van der Waals surface area contributed by atoms with Gasteiger partial charge in [-0.1, -0.05) is 0 Å². The van der Waals surface area contributed by atoms with Gasteiger partial charge < -0.3 is 24.8 Å². The summed E-state index contributed by atoms with van der Waals surface area (Å²) in [5, 5.41) is 11.9. The summed E-state index contributed by atoms with van der Waals surface area (Å²) in [5.41, 5.74) is 0.643. The van der Waals surface area contributed by atoms with Crippen molar-refractivity contribution >= 4 is 17.7 Å². The van der Waals surface area contributed by atoms with Gasteiger partial charge in [-0.15, -0.1) is 0 Å². The average Bonchev–Trinajstić information content (AvgIpc) is 3.15. The summed E-state index contributed by atoms with van der Waals surface area (Å²) in [5.74, 6) is 0.152. The minimum absolute atomic E-state index is 0.199. The number of hydrogen-bond donors (Lipinski definition) is 2. The van der Waals surface area contributed by atoms with Gasteiger partial charge in [0.25, 0.3) is 0 Å². The van der Waals surface area contributed by atoms with Crippen molar-refractivity contribution in [1.82, 2.24) is 4.90 Å². The lowest BCUT2D eigenvalue weighted by atomic mass is 9.97. The largest absolute Gasteiger partial charge is 0.493 e. The van der Waals surface area contributed by atoms with Crippen molar-refractivity contribution in [2.45, 2.75) is 44.6 Å². The van der Waals surface area contributed by atoms with Crippen LogP contribution in [-0.4, -0.2) is 48.3 Å². The van der Waals surface area contributed by atoms with Gasteiger partial charge in [0.1, 0.15) is 0 Å². The molecule has 7 nitrogen and oxygen atoms in total. The number of amides is 2. The number of ether oxygens (including phenoxy) is 2. The lowest BCUT2D eigenvalue weighted by Crippen LogP contribution is -2.42. The van der Waals surface area contributed by atoms with Gasteiger partial charge in [0.2, 0.25) is 0 Å². The second kappa shape index (κ2) is 8.29. The number of rotatable bonds is 5. The fraction of sp³-hybridized carbons (Fsp3) is 0.579. The summed E-state index contributed by atoms with van der Waals surface area (Å²) in [4.78, 5) is 25.1. The molecule has 2 aliphatic rings. The van der Waals surface area contributed by atoms with Crippen LogP contribution in [-0.2, 0) is 4.79 Å². The third kappa shape index (κ3) is 4.39. The SMILES string of the molecule is COc1ccc(NC(=O)N2CCC(C(=O)O)CC2)cc1OC1CCCC1. The Labute approximate surface area is 153 Å². The smallest absolute Gasteiger partial charge is 0.321 e. The third-order valence-electron chi connectivity index (χ3n) is 5.14. The van der Waals surface area contributed by atoms with Crippen LogP contribution in [0.15, 0.2) is 18.2 Å². The highest BCUT2D eigenvalue weighted by molar-refractivity contribution is 5.90. The number of nitrogens with zero attached hydrogens (tertiary/aromatic N) is 1. The van der Waals surface area contributed by atoms with E-state index in [0.29, 0.717) is 43.1 Å². The molecule has 7 heteroatoms. The molecule has 3 rings (SSSR count). The van der Waals surface area contributed by atoms with Gasteiger partial charge in [0, 0.05) is 24.8 Å². The van der Waals surface area contributed by atoms with Crippen LogP contribution in [0.1, 0.15) is 38.5 Å². The summed E-state index contributed by atoms with van der Waals surface area (Å²) in [6.07, 6.45) is 5.61. The fourth-order valence-corrected chi connectivity index (χ4v) is 3.56. The zero-order chi connectivity index (χ0) is 18.5. The quantitative estimate of drug-likeness (QED) is 0.839. The molecule has 1 heterocycles. The molecule has 1 aliphatic heterocycles. The molecule has 1 aromatic rings. The Kier molecular flexibility index (Phi) is 5.85. The van der Waals surface area contributed by atoms with E-state index in [2.05, 4.69) is 5.32 Å². The Morgan fingerprint density at radius 2 is 1.81 bits per heavy atom. The van der Waals surface area contributed by atoms with Gasteiger partial charge in [-0.3, -0.25) is 4.79 Å². The average molecular weight is 362 g/mol. The normalized spacial score (nSPS) is 18.6. The first-order valence-electron chi connectivity index (χ1n) is 9.20. The fourth-order valence-electron chi connectivity index (χ4n) is 3.56. The van der Waals surface area contributed by atoms with Crippen molar-refractivity contribution in [2.75, 3.05) is 25.5 Å². The number of carbonyl (C=O) groups is 2. The number of urea groups is 1. The molecule has 0 unspecified atom stereocenters. The first-order valence-corrected chi connectivity index (χ1v) is 9.20. The topological polar surface area (TPSA) is 88.1 Å². The molecule has 2 N–H and O–H groups in total. The predicted octanol–water partition coefficient (Wildman–Crippen LogP) is 3.35. The van der Waals surface area contributed by atoms with E-state index in [-0.39, 0.29) is 18.1 Å². The van der Waals surface area contributed by atoms with Gasteiger partial charge in [-0.25, -0.2) is 4.79 Å². The lowest BCUT2D eigenvalue weighted by Gasteiger charge is -2.30. The van der Waals surface area contributed by atoms with E-state index in [1.165, 1.54) is 12.8 Å². The van der Waals surface area contributed by atoms with Crippen LogP contribution in [0.3, 0.4) is 0 Å². The first-order chi connectivity index (χ1) is 12.6. The highest BCUT2D eigenvalue weighted by Gasteiger charge is 2.27. The van der Waals surface area contributed by atoms with Crippen molar-refractivity contribution in [1.29, 1.82) is 0 Å².